The fraction of sp³-hybridized carbons (Fsp3) is 0.111. The largest absolute Gasteiger partial charge is 0.387 e. The number of aromatic nitrogens is 4. The monoisotopic (exact) mass is 219 g/mol. The first kappa shape index (κ1) is 9.72. The van der Waals surface area contributed by atoms with Crippen LogP contribution in [0.3, 0.4) is 0 Å². The zero-order valence-corrected chi connectivity index (χ0v) is 8.68. The molecule has 5 nitrogen and oxygen atoms in total. The second-order valence-electron chi connectivity index (χ2n) is 2.91. The summed E-state index contributed by atoms with van der Waals surface area (Å²) in [5.74, 6) is 1.28. The van der Waals surface area contributed by atoms with Crippen molar-refractivity contribution in [3.8, 4) is 0 Å². The molecule has 2 rings (SSSR count). The van der Waals surface area contributed by atoms with Gasteiger partial charge in [0.2, 0.25) is 0 Å². The second kappa shape index (κ2) is 4.14. The molecular formula is C9H9N5S. The van der Waals surface area contributed by atoms with Crippen molar-refractivity contribution < 1.29 is 0 Å². The molecule has 0 aliphatic carbocycles. The lowest BCUT2D eigenvalue weighted by molar-refractivity contribution is 0.736. The Labute approximate surface area is 92.0 Å². The Morgan fingerprint density at radius 1 is 1.27 bits per heavy atom. The van der Waals surface area contributed by atoms with Gasteiger partial charge in [-0.25, -0.2) is 15.0 Å². The molecule has 2 aromatic heterocycles. The van der Waals surface area contributed by atoms with Gasteiger partial charge in [-0.1, -0.05) is 12.2 Å². The average molecular weight is 219 g/mol. The van der Waals surface area contributed by atoms with E-state index in [0.717, 1.165) is 0 Å². The third kappa shape index (κ3) is 2.16. The molecule has 2 aromatic rings. The van der Waals surface area contributed by atoms with Crippen LogP contribution in [0.15, 0.2) is 30.9 Å². The van der Waals surface area contributed by atoms with Crippen molar-refractivity contribution in [1.82, 2.24) is 19.5 Å². The third-order valence-electron chi connectivity index (χ3n) is 1.87. The number of rotatable bonds is 3. The average Bonchev–Trinajstić information content (AvgIpc) is 2.67. The summed E-state index contributed by atoms with van der Waals surface area (Å²) < 4.78 is 1.82. The Morgan fingerprint density at radius 2 is 2.00 bits per heavy atom. The number of thiocarbonyl (C=S) groups is 1. The highest BCUT2D eigenvalue weighted by molar-refractivity contribution is 7.80. The lowest BCUT2D eigenvalue weighted by Gasteiger charge is -2.04. The molecule has 0 aliphatic rings. The van der Waals surface area contributed by atoms with Crippen LogP contribution in [0.1, 0.15) is 11.6 Å². The molecule has 2 heterocycles. The SMILES string of the molecule is NC(=S)c1nccn1Cc1ncccn1. The van der Waals surface area contributed by atoms with Gasteiger partial charge in [0.25, 0.3) is 0 Å². The molecule has 0 atom stereocenters. The van der Waals surface area contributed by atoms with Gasteiger partial charge in [0.05, 0.1) is 6.54 Å². The Morgan fingerprint density at radius 3 is 2.67 bits per heavy atom. The highest BCUT2D eigenvalue weighted by Gasteiger charge is 2.06. The van der Waals surface area contributed by atoms with Crippen molar-refractivity contribution in [3.63, 3.8) is 0 Å². The molecule has 0 amide bonds. The number of hydrogen-bond acceptors (Lipinski definition) is 4. The summed E-state index contributed by atoms with van der Waals surface area (Å²) in [6, 6.07) is 1.77. The molecular weight excluding hydrogens is 210 g/mol. The van der Waals surface area contributed by atoms with Crippen molar-refractivity contribution in [3.05, 3.63) is 42.5 Å². The first-order valence-corrected chi connectivity index (χ1v) is 4.75. The second-order valence-corrected chi connectivity index (χ2v) is 3.35. The van der Waals surface area contributed by atoms with E-state index in [1.165, 1.54) is 0 Å². The standard InChI is InChI=1S/C9H9N5S/c10-8(15)9-13-4-5-14(9)6-7-11-2-1-3-12-7/h1-5H,6H2,(H2,10,15). The van der Waals surface area contributed by atoms with E-state index in [9.17, 15) is 0 Å². The molecule has 0 unspecified atom stereocenters. The number of nitrogens with zero attached hydrogens (tertiary/aromatic N) is 4. The molecule has 76 valence electrons. The summed E-state index contributed by atoms with van der Waals surface area (Å²) in [6.07, 6.45) is 6.84. The minimum Gasteiger partial charge on any atom is -0.387 e. The lowest BCUT2D eigenvalue weighted by atomic mass is 10.5. The van der Waals surface area contributed by atoms with Crippen LogP contribution in [0.4, 0.5) is 0 Å². The summed E-state index contributed by atoms with van der Waals surface area (Å²) in [5.41, 5.74) is 5.52. The van der Waals surface area contributed by atoms with Crippen LogP contribution in [0.2, 0.25) is 0 Å². The predicted octanol–water partition coefficient (Wildman–Crippen LogP) is 0.356. The van der Waals surface area contributed by atoms with Gasteiger partial charge in [-0.2, -0.15) is 0 Å². The van der Waals surface area contributed by atoms with Crippen molar-refractivity contribution in [2.45, 2.75) is 6.54 Å². The van der Waals surface area contributed by atoms with Crippen LogP contribution < -0.4 is 5.73 Å². The van der Waals surface area contributed by atoms with E-state index in [1.807, 2.05) is 4.57 Å². The summed E-state index contributed by atoms with van der Waals surface area (Å²) >= 11 is 4.87. The molecule has 0 radical (unpaired) electrons. The van der Waals surface area contributed by atoms with E-state index in [-0.39, 0.29) is 4.99 Å². The maximum absolute atomic E-state index is 5.52. The zero-order chi connectivity index (χ0) is 10.7. The maximum Gasteiger partial charge on any atom is 0.167 e. The topological polar surface area (TPSA) is 69.6 Å². The Bertz CT molecular complexity index is 464. The van der Waals surface area contributed by atoms with Gasteiger partial charge in [-0.3, -0.25) is 0 Å². The number of imidazole rings is 1. The Kier molecular flexibility index (Phi) is 2.68. The molecule has 2 N–H and O–H groups in total. The molecule has 0 bridgehead atoms. The molecule has 0 saturated heterocycles. The lowest BCUT2D eigenvalue weighted by Crippen LogP contribution is -2.17. The van der Waals surface area contributed by atoms with Crippen LogP contribution in [0, 0.1) is 0 Å². The summed E-state index contributed by atoms with van der Waals surface area (Å²) in [7, 11) is 0. The van der Waals surface area contributed by atoms with E-state index in [4.69, 9.17) is 18.0 Å². The highest BCUT2D eigenvalue weighted by atomic mass is 32.1. The van der Waals surface area contributed by atoms with Gasteiger partial charge in [0.1, 0.15) is 10.8 Å². The maximum atomic E-state index is 5.52. The van der Waals surface area contributed by atoms with E-state index >= 15 is 0 Å². The number of hydrogen-bond donors (Lipinski definition) is 1. The van der Waals surface area contributed by atoms with Gasteiger partial charge < -0.3 is 10.3 Å². The molecule has 0 aliphatic heterocycles. The van der Waals surface area contributed by atoms with Gasteiger partial charge in [-0.15, -0.1) is 0 Å². The third-order valence-corrected chi connectivity index (χ3v) is 2.05. The number of nitrogens with two attached hydrogens (primary N) is 1. The smallest absolute Gasteiger partial charge is 0.167 e. The van der Waals surface area contributed by atoms with Gasteiger partial charge in [-0.05, 0) is 6.07 Å². The van der Waals surface area contributed by atoms with Crippen molar-refractivity contribution in [1.29, 1.82) is 0 Å². The van der Waals surface area contributed by atoms with E-state index in [2.05, 4.69) is 15.0 Å². The fourth-order valence-corrected chi connectivity index (χ4v) is 1.40. The Hall–Kier alpha value is -1.82. The zero-order valence-electron chi connectivity index (χ0n) is 7.87. The molecule has 0 fully saturated rings. The van der Waals surface area contributed by atoms with Crippen molar-refractivity contribution in [2.75, 3.05) is 0 Å². The fourth-order valence-electron chi connectivity index (χ4n) is 1.23. The molecule has 6 heteroatoms. The quantitative estimate of drug-likeness (QED) is 0.755. The van der Waals surface area contributed by atoms with E-state index < -0.39 is 0 Å². The van der Waals surface area contributed by atoms with Crippen LogP contribution in [-0.2, 0) is 6.54 Å². The van der Waals surface area contributed by atoms with Crippen LogP contribution >= 0.6 is 12.2 Å². The summed E-state index contributed by atoms with van der Waals surface area (Å²) in [5, 5.41) is 0. The minimum absolute atomic E-state index is 0.274. The summed E-state index contributed by atoms with van der Waals surface area (Å²) in [4.78, 5) is 12.5. The van der Waals surface area contributed by atoms with Gasteiger partial charge in [0, 0.05) is 24.8 Å². The van der Waals surface area contributed by atoms with Crippen LogP contribution in [0.5, 0.6) is 0 Å². The van der Waals surface area contributed by atoms with E-state index in [1.54, 1.807) is 30.9 Å². The van der Waals surface area contributed by atoms with Gasteiger partial charge in [0.15, 0.2) is 5.82 Å². The molecule has 15 heavy (non-hydrogen) atoms. The van der Waals surface area contributed by atoms with Crippen molar-refractivity contribution >= 4 is 17.2 Å². The molecule has 0 saturated carbocycles. The Balaban J connectivity index is 2.25. The highest BCUT2D eigenvalue weighted by Crippen LogP contribution is 2.00. The normalized spacial score (nSPS) is 10.1. The first-order valence-electron chi connectivity index (χ1n) is 4.34. The van der Waals surface area contributed by atoms with Crippen LogP contribution in [-0.4, -0.2) is 24.5 Å². The molecule has 0 aromatic carbocycles. The molecule has 0 spiro atoms. The van der Waals surface area contributed by atoms with Crippen LogP contribution in [0.25, 0.3) is 0 Å². The van der Waals surface area contributed by atoms with E-state index in [0.29, 0.717) is 18.2 Å². The summed E-state index contributed by atoms with van der Waals surface area (Å²) in [6.45, 7) is 0.521. The van der Waals surface area contributed by atoms with Crippen molar-refractivity contribution in [2.24, 2.45) is 5.73 Å². The predicted molar refractivity (Wildman–Crippen MR) is 59.2 cm³/mol. The first-order chi connectivity index (χ1) is 7.27. The van der Waals surface area contributed by atoms with Gasteiger partial charge >= 0.3 is 0 Å². The minimum atomic E-state index is 0.274.